The number of nitrogens with zero attached hydrogens (tertiary/aromatic N) is 1. The van der Waals surface area contributed by atoms with Gasteiger partial charge >= 0.3 is 0 Å². The van der Waals surface area contributed by atoms with Gasteiger partial charge in [-0.2, -0.15) is 0 Å². The highest BCUT2D eigenvalue weighted by Crippen LogP contribution is 2.65. The lowest BCUT2D eigenvalue weighted by Crippen LogP contribution is -2.26. The predicted molar refractivity (Wildman–Crippen MR) is 220 cm³/mol. The molecule has 0 amide bonds. The van der Waals surface area contributed by atoms with Crippen molar-refractivity contribution in [2.24, 2.45) is 0 Å². The zero-order valence-corrected chi connectivity index (χ0v) is 28.8. The summed E-state index contributed by atoms with van der Waals surface area (Å²) >= 11 is 0. The van der Waals surface area contributed by atoms with Crippen molar-refractivity contribution in [3.8, 4) is 22.3 Å². The summed E-state index contributed by atoms with van der Waals surface area (Å²) in [6.07, 6.45) is 0. The summed E-state index contributed by atoms with van der Waals surface area (Å²) in [5.41, 5.74) is 15.0. The summed E-state index contributed by atoms with van der Waals surface area (Å²) in [4.78, 5) is 2.46. The van der Waals surface area contributed by atoms with Crippen LogP contribution in [0.25, 0.3) is 65.7 Å². The maximum absolute atomic E-state index is 6.94. The third kappa shape index (κ3) is 3.72. The second-order valence-corrected chi connectivity index (χ2v) is 14.4. The first-order chi connectivity index (χ1) is 26.3. The molecule has 1 aromatic heterocycles. The van der Waals surface area contributed by atoms with E-state index >= 15 is 0 Å². The van der Waals surface area contributed by atoms with E-state index in [9.17, 15) is 0 Å². The topological polar surface area (TPSA) is 16.4 Å². The molecule has 0 atom stereocenters. The van der Waals surface area contributed by atoms with Crippen LogP contribution < -0.4 is 4.90 Å². The van der Waals surface area contributed by atoms with Crippen LogP contribution in [0.15, 0.2) is 192 Å². The van der Waals surface area contributed by atoms with Crippen molar-refractivity contribution in [3.05, 3.63) is 210 Å². The lowest BCUT2D eigenvalue weighted by Gasteiger charge is -2.32. The Morgan fingerprint density at radius 2 is 0.981 bits per heavy atom. The fourth-order valence-electron chi connectivity index (χ4n) is 9.76. The normalized spacial score (nSPS) is 13.4. The molecular formula is C51H31NO. The number of hydrogen-bond acceptors (Lipinski definition) is 2. The zero-order valence-electron chi connectivity index (χ0n) is 28.8. The van der Waals surface area contributed by atoms with Gasteiger partial charge in [-0.25, -0.2) is 0 Å². The lowest BCUT2D eigenvalue weighted by atomic mass is 9.70. The van der Waals surface area contributed by atoms with Gasteiger partial charge in [0.25, 0.3) is 0 Å². The molecule has 53 heavy (non-hydrogen) atoms. The van der Waals surface area contributed by atoms with Gasteiger partial charge in [0.2, 0.25) is 0 Å². The van der Waals surface area contributed by atoms with Crippen LogP contribution in [-0.4, -0.2) is 0 Å². The summed E-state index contributed by atoms with van der Waals surface area (Å²) in [7, 11) is 0. The quantitative estimate of drug-likeness (QED) is 0.186. The number of para-hydroxylation sites is 1. The highest BCUT2D eigenvalue weighted by molar-refractivity contribution is 6.23. The van der Waals surface area contributed by atoms with Crippen molar-refractivity contribution < 1.29 is 4.42 Å². The third-order valence-corrected chi connectivity index (χ3v) is 11.8. The van der Waals surface area contributed by atoms with E-state index in [4.69, 9.17) is 4.42 Å². The lowest BCUT2D eigenvalue weighted by molar-refractivity contribution is 0.669. The Morgan fingerprint density at radius 3 is 1.75 bits per heavy atom. The number of benzene rings is 9. The van der Waals surface area contributed by atoms with E-state index < -0.39 is 5.41 Å². The predicted octanol–water partition coefficient (Wildman–Crippen LogP) is 13.7. The van der Waals surface area contributed by atoms with Crippen LogP contribution in [0.2, 0.25) is 0 Å². The SMILES string of the molecule is c1ccc2c(c1)-c1ccccc1C21c2ccccc2-c2c(N(c3ccc4ccccc4c3)c3cc4ccccc4c4c3oc3ccccc34)cccc21. The molecule has 12 rings (SSSR count). The van der Waals surface area contributed by atoms with E-state index in [1.807, 2.05) is 0 Å². The second kappa shape index (κ2) is 10.6. The van der Waals surface area contributed by atoms with Gasteiger partial charge in [-0.15, -0.1) is 0 Å². The van der Waals surface area contributed by atoms with Gasteiger partial charge in [0.15, 0.2) is 5.58 Å². The molecule has 9 aromatic carbocycles. The van der Waals surface area contributed by atoms with E-state index in [0.717, 1.165) is 39.0 Å². The van der Waals surface area contributed by atoms with E-state index in [1.54, 1.807) is 0 Å². The number of rotatable bonds is 3. The minimum absolute atomic E-state index is 0.442. The molecule has 0 aliphatic heterocycles. The van der Waals surface area contributed by atoms with Crippen molar-refractivity contribution in [2.75, 3.05) is 4.90 Å². The molecule has 2 heteroatoms. The molecule has 246 valence electrons. The van der Waals surface area contributed by atoms with Crippen LogP contribution in [0.1, 0.15) is 22.3 Å². The minimum atomic E-state index is -0.442. The maximum Gasteiger partial charge on any atom is 0.160 e. The van der Waals surface area contributed by atoms with E-state index in [2.05, 4.69) is 193 Å². The standard InChI is InChI=1S/C51H31NO/c1-2-15-33-30-35(29-28-32(33)14-1)52(46-31-34-16-3-4-17-36(34)48-40-21-8-12-27-47(40)53-50(46)48)45-26-13-25-44-49(45)39-20-7-11-24-43(39)51(44)41-22-9-5-18-37(41)38-19-6-10-23-42(38)51/h1-31H. The average Bonchev–Trinajstić information content (AvgIpc) is 3.86. The Hall–Kier alpha value is -6.90. The molecule has 0 fully saturated rings. The molecule has 10 aromatic rings. The smallest absolute Gasteiger partial charge is 0.160 e. The average molecular weight is 674 g/mol. The summed E-state index contributed by atoms with van der Waals surface area (Å²) in [6.45, 7) is 0. The molecule has 2 aliphatic carbocycles. The first-order valence-electron chi connectivity index (χ1n) is 18.4. The maximum atomic E-state index is 6.94. The molecule has 0 saturated heterocycles. The van der Waals surface area contributed by atoms with Crippen molar-refractivity contribution >= 4 is 60.5 Å². The zero-order chi connectivity index (χ0) is 34.7. The van der Waals surface area contributed by atoms with Crippen molar-refractivity contribution in [3.63, 3.8) is 0 Å². The summed E-state index contributed by atoms with van der Waals surface area (Å²) < 4.78 is 6.94. The highest BCUT2D eigenvalue weighted by Gasteiger charge is 2.52. The van der Waals surface area contributed by atoms with Gasteiger partial charge in [0, 0.05) is 22.0 Å². The molecule has 2 nitrogen and oxygen atoms in total. The number of fused-ring (bicyclic) bond motifs is 16. The van der Waals surface area contributed by atoms with Crippen LogP contribution in [-0.2, 0) is 5.41 Å². The molecular weight excluding hydrogens is 643 g/mol. The van der Waals surface area contributed by atoms with Crippen molar-refractivity contribution in [2.45, 2.75) is 5.41 Å². The summed E-state index contributed by atoms with van der Waals surface area (Å²) in [6, 6.07) is 69.0. The fraction of sp³-hybridized carbons (Fsp3) is 0.0196. The molecule has 0 unspecified atom stereocenters. The van der Waals surface area contributed by atoms with Gasteiger partial charge in [-0.1, -0.05) is 158 Å². The van der Waals surface area contributed by atoms with Gasteiger partial charge in [-0.3, -0.25) is 0 Å². The van der Waals surface area contributed by atoms with Crippen LogP contribution in [0.4, 0.5) is 17.1 Å². The molecule has 1 heterocycles. The number of anilines is 3. The summed E-state index contributed by atoms with van der Waals surface area (Å²) in [5, 5.41) is 7.04. The van der Waals surface area contributed by atoms with Crippen molar-refractivity contribution in [1.29, 1.82) is 0 Å². The Morgan fingerprint density at radius 1 is 0.396 bits per heavy atom. The number of furan rings is 1. The minimum Gasteiger partial charge on any atom is -0.454 e. The summed E-state index contributed by atoms with van der Waals surface area (Å²) in [5.74, 6) is 0. The van der Waals surface area contributed by atoms with Crippen LogP contribution in [0.3, 0.4) is 0 Å². The molecule has 0 bridgehead atoms. The van der Waals surface area contributed by atoms with Crippen LogP contribution >= 0.6 is 0 Å². The van der Waals surface area contributed by atoms with Crippen LogP contribution in [0.5, 0.6) is 0 Å². The van der Waals surface area contributed by atoms with E-state index in [0.29, 0.717) is 0 Å². The first-order valence-corrected chi connectivity index (χ1v) is 18.4. The van der Waals surface area contributed by atoms with Gasteiger partial charge in [0.05, 0.1) is 16.8 Å². The Kier molecular flexibility index (Phi) is 5.73. The monoisotopic (exact) mass is 673 g/mol. The second-order valence-electron chi connectivity index (χ2n) is 14.4. The Bertz CT molecular complexity index is 3100. The molecule has 2 aliphatic rings. The molecule has 0 N–H and O–H groups in total. The van der Waals surface area contributed by atoms with Crippen LogP contribution in [0, 0.1) is 0 Å². The van der Waals surface area contributed by atoms with Gasteiger partial charge in [0.1, 0.15) is 5.58 Å². The number of hydrogen-bond donors (Lipinski definition) is 0. The van der Waals surface area contributed by atoms with Gasteiger partial charge < -0.3 is 9.32 Å². The van der Waals surface area contributed by atoms with E-state index in [1.165, 1.54) is 66.1 Å². The first kappa shape index (κ1) is 28.8. The largest absolute Gasteiger partial charge is 0.454 e. The van der Waals surface area contributed by atoms with Gasteiger partial charge in [-0.05, 0) is 90.8 Å². The van der Waals surface area contributed by atoms with Crippen molar-refractivity contribution in [1.82, 2.24) is 0 Å². The highest BCUT2D eigenvalue weighted by atomic mass is 16.3. The fourth-order valence-corrected chi connectivity index (χ4v) is 9.76. The molecule has 0 radical (unpaired) electrons. The Labute approximate surface area is 306 Å². The Balaban J connectivity index is 1.24. The molecule has 1 spiro atoms. The molecule has 0 saturated carbocycles. The third-order valence-electron chi connectivity index (χ3n) is 11.8. The van der Waals surface area contributed by atoms with E-state index in [-0.39, 0.29) is 0 Å².